The number of nitrogens with one attached hydrogen (secondary N) is 2. The monoisotopic (exact) mass is 519 g/mol. The van der Waals surface area contributed by atoms with Crippen LogP contribution >= 0.6 is 0 Å². The van der Waals surface area contributed by atoms with Gasteiger partial charge in [0.2, 0.25) is 25.9 Å². The molecule has 15 nitrogen and oxygen atoms in total. The van der Waals surface area contributed by atoms with E-state index in [2.05, 4.69) is 25.3 Å². The molecule has 2 aromatic rings. The van der Waals surface area contributed by atoms with Crippen LogP contribution < -0.4 is 26.2 Å². The fourth-order valence-corrected chi connectivity index (χ4v) is 6.55. The zero-order valence-electron chi connectivity index (χ0n) is 18.2. The summed E-state index contributed by atoms with van der Waals surface area (Å²) in [7, 11) is -9.05. The van der Waals surface area contributed by atoms with Crippen LogP contribution in [0.5, 0.6) is 0 Å². The number of aromatic amines is 1. The van der Waals surface area contributed by atoms with Gasteiger partial charge in [-0.2, -0.15) is 5.21 Å². The molecular weight excluding hydrogens is 490 g/mol. The highest BCUT2D eigenvalue weighted by Crippen LogP contribution is 2.39. The lowest BCUT2D eigenvalue weighted by Gasteiger charge is -2.36. The van der Waals surface area contributed by atoms with Gasteiger partial charge in [-0.25, -0.2) is 26.7 Å². The van der Waals surface area contributed by atoms with Gasteiger partial charge in [-0.1, -0.05) is 0 Å². The number of aromatic nitrogens is 4. The van der Waals surface area contributed by atoms with E-state index in [1.807, 2.05) is 4.90 Å². The van der Waals surface area contributed by atoms with Gasteiger partial charge >= 0.3 is 0 Å². The number of sulfonamides is 2. The maximum Gasteiger partial charge on any atom is 0.242 e. The van der Waals surface area contributed by atoms with E-state index in [4.69, 9.17) is 16.6 Å². The van der Waals surface area contributed by atoms with E-state index in [0.29, 0.717) is 31.6 Å². The topological polar surface area (TPSA) is 257 Å². The van der Waals surface area contributed by atoms with Crippen molar-refractivity contribution in [1.29, 1.82) is 0 Å². The fourth-order valence-electron chi connectivity index (χ4n) is 3.88. The average Bonchev–Trinajstić information content (AvgIpc) is 3.35. The number of benzene rings is 1. The zero-order chi connectivity index (χ0) is 25.1. The van der Waals surface area contributed by atoms with Gasteiger partial charge in [0.1, 0.15) is 9.79 Å². The van der Waals surface area contributed by atoms with Crippen molar-refractivity contribution in [2.75, 3.05) is 37.7 Å². The van der Waals surface area contributed by atoms with Crippen LogP contribution in [0.4, 0.5) is 5.69 Å². The van der Waals surface area contributed by atoms with Crippen LogP contribution in [0.25, 0.3) is 11.4 Å². The lowest BCUT2D eigenvalue weighted by Crippen LogP contribution is -2.43. The summed E-state index contributed by atoms with van der Waals surface area (Å²) in [5.41, 5.74) is 11.5. The Morgan fingerprint density at radius 3 is 2.44 bits per heavy atom. The van der Waals surface area contributed by atoms with Gasteiger partial charge in [0, 0.05) is 37.9 Å². The summed E-state index contributed by atoms with van der Waals surface area (Å²) in [6.07, 6.45) is 0.0724. The van der Waals surface area contributed by atoms with Crippen molar-refractivity contribution in [3.8, 4) is 11.4 Å². The van der Waals surface area contributed by atoms with Crippen molar-refractivity contribution in [2.24, 2.45) is 22.5 Å². The molecule has 0 bridgehead atoms. The quantitative estimate of drug-likeness (QED) is 0.162. The lowest BCUT2D eigenvalue weighted by atomic mass is 9.90. The van der Waals surface area contributed by atoms with Crippen molar-refractivity contribution >= 4 is 25.7 Å². The predicted molar refractivity (Wildman–Crippen MR) is 121 cm³/mol. The number of H-pyrrole nitrogens is 1. The number of rotatable bonds is 10. The molecule has 0 saturated carbocycles. The third kappa shape index (κ3) is 5.69. The third-order valence-corrected chi connectivity index (χ3v) is 8.31. The van der Waals surface area contributed by atoms with Gasteiger partial charge in [-0.15, -0.1) is 10.2 Å². The van der Waals surface area contributed by atoms with Gasteiger partial charge < -0.3 is 26.6 Å². The van der Waals surface area contributed by atoms with Crippen molar-refractivity contribution in [3.63, 3.8) is 0 Å². The standard InChI is InChI=1S/C17H29N9O6S2/c18-7-11(28)8-21-34(31,32)14-2-1-13(26-5-3-10(4-6-26)12(19)9-27)15(16(14)33(20,29)30)17-22-24-25-23-17/h1-2,10-12,21,27-28H,3-9,18-19H2,(H2,20,29,30)(H,22,23,24,25)/t11-,12+/m1/s1. The maximum atomic E-state index is 13.0. The molecule has 1 aromatic carbocycles. The molecule has 2 atom stereocenters. The SMILES string of the molecule is NC[C@@H](O)CNS(=O)(=O)c1ccc(N2CCC([C@@H](N)CO)CC2)c(-c2nn[nH]n2)c1S(N)(=O)=O. The Hall–Kier alpha value is -2.25. The Kier molecular flexibility index (Phi) is 8.19. The number of hydrogen-bond donors (Lipinski definition) is 7. The van der Waals surface area contributed by atoms with Gasteiger partial charge in [-0.3, -0.25) is 0 Å². The Morgan fingerprint density at radius 2 is 1.91 bits per heavy atom. The molecule has 1 aliphatic heterocycles. The second kappa shape index (κ2) is 10.6. The molecule has 0 aliphatic carbocycles. The summed E-state index contributed by atoms with van der Waals surface area (Å²) in [6, 6.07) is 2.20. The fraction of sp³-hybridized carbons (Fsp3) is 0.588. The first kappa shape index (κ1) is 26.4. The lowest BCUT2D eigenvalue weighted by molar-refractivity contribution is 0.186. The molecule has 0 unspecified atom stereocenters. The Labute approximate surface area is 196 Å². The van der Waals surface area contributed by atoms with E-state index in [9.17, 15) is 27.0 Å². The van der Waals surface area contributed by atoms with Crippen LogP contribution in [0.15, 0.2) is 21.9 Å². The third-order valence-electron chi connectivity index (χ3n) is 5.72. The van der Waals surface area contributed by atoms with Crippen LogP contribution in [-0.4, -0.2) is 92.6 Å². The molecule has 0 amide bonds. The number of nitrogens with zero attached hydrogens (tertiary/aromatic N) is 4. The summed E-state index contributed by atoms with van der Waals surface area (Å²) in [5, 5.41) is 37.9. The highest BCUT2D eigenvalue weighted by atomic mass is 32.2. The molecule has 1 fully saturated rings. The molecule has 3 rings (SSSR count). The number of anilines is 1. The van der Waals surface area contributed by atoms with Gasteiger partial charge in [0.05, 0.1) is 18.3 Å². The van der Waals surface area contributed by atoms with Crippen molar-refractivity contribution in [2.45, 2.75) is 34.8 Å². The van der Waals surface area contributed by atoms with E-state index in [-0.39, 0.29) is 36.5 Å². The first-order chi connectivity index (χ1) is 16.0. The molecule has 0 spiro atoms. The minimum Gasteiger partial charge on any atom is -0.395 e. The highest BCUT2D eigenvalue weighted by Gasteiger charge is 2.34. The molecule has 1 saturated heterocycles. The number of piperidine rings is 1. The van der Waals surface area contributed by atoms with Crippen molar-refractivity contribution in [1.82, 2.24) is 25.3 Å². The second-order valence-corrected chi connectivity index (χ2v) is 11.2. The van der Waals surface area contributed by atoms with E-state index >= 15 is 0 Å². The normalized spacial score (nSPS) is 17.6. The largest absolute Gasteiger partial charge is 0.395 e. The first-order valence-corrected chi connectivity index (χ1v) is 13.4. The number of primary sulfonamides is 1. The van der Waals surface area contributed by atoms with Crippen LogP contribution in [0.3, 0.4) is 0 Å². The Balaban J connectivity index is 2.13. The Bertz CT molecular complexity index is 1180. The van der Waals surface area contributed by atoms with E-state index in [1.54, 1.807) is 0 Å². The van der Waals surface area contributed by atoms with Crippen molar-refractivity contribution < 1.29 is 27.0 Å². The number of hydrogen-bond acceptors (Lipinski definition) is 12. The molecule has 34 heavy (non-hydrogen) atoms. The van der Waals surface area contributed by atoms with Crippen LogP contribution in [-0.2, 0) is 20.0 Å². The predicted octanol–water partition coefficient (Wildman–Crippen LogP) is -3.35. The van der Waals surface area contributed by atoms with E-state index in [0.717, 1.165) is 6.07 Å². The summed E-state index contributed by atoms with van der Waals surface area (Å²) < 4.78 is 53.5. The van der Waals surface area contributed by atoms with E-state index in [1.165, 1.54) is 6.07 Å². The van der Waals surface area contributed by atoms with Crippen molar-refractivity contribution in [3.05, 3.63) is 12.1 Å². The van der Waals surface area contributed by atoms with E-state index < -0.39 is 42.5 Å². The number of aliphatic hydroxyl groups is 2. The molecular formula is C17H29N9O6S2. The molecule has 1 aliphatic rings. The zero-order valence-corrected chi connectivity index (χ0v) is 19.8. The second-order valence-electron chi connectivity index (χ2n) is 7.98. The Morgan fingerprint density at radius 1 is 1.24 bits per heavy atom. The van der Waals surface area contributed by atoms with Gasteiger partial charge in [-0.05, 0) is 36.1 Å². The summed E-state index contributed by atoms with van der Waals surface area (Å²) in [6.45, 7) is 0.141. The maximum absolute atomic E-state index is 13.0. The first-order valence-electron chi connectivity index (χ1n) is 10.4. The molecule has 1 aromatic heterocycles. The smallest absolute Gasteiger partial charge is 0.242 e. The summed E-state index contributed by atoms with van der Waals surface area (Å²) in [5.74, 6) is -0.0855. The number of nitrogens with two attached hydrogens (primary N) is 3. The van der Waals surface area contributed by atoms with Crippen LogP contribution in [0.2, 0.25) is 0 Å². The van der Waals surface area contributed by atoms with Crippen LogP contribution in [0, 0.1) is 5.92 Å². The van der Waals surface area contributed by atoms with Crippen LogP contribution in [0.1, 0.15) is 12.8 Å². The average molecular weight is 520 g/mol. The summed E-state index contributed by atoms with van der Waals surface area (Å²) >= 11 is 0. The number of tetrazole rings is 1. The molecule has 2 heterocycles. The molecule has 10 N–H and O–H groups in total. The highest BCUT2D eigenvalue weighted by molar-refractivity contribution is 7.92. The molecule has 0 radical (unpaired) electrons. The minimum atomic E-state index is -4.61. The summed E-state index contributed by atoms with van der Waals surface area (Å²) in [4.78, 5) is 0.526. The molecule has 190 valence electrons. The number of aliphatic hydroxyl groups excluding tert-OH is 2. The van der Waals surface area contributed by atoms with Gasteiger partial charge in [0.15, 0.2) is 0 Å². The molecule has 17 heteroatoms. The minimum absolute atomic E-state index is 0.0745. The van der Waals surface area contributed by atoms with Gasteiger partial charge in [0.25, 0.3) is 0 Å².